The molecule has 0 amide bonds. The minimum absolute atomic E-state index is 0. The largest absolute Gasteiger partial charge is 0.332 e. The molecule has 0 saturated heterocycles. The van der Waals surface area contributed by atoms with E-state index in [1.807, 2.05) is 13.1 Å². The van der Waals surface area contributed by atoms with Crippen LogP contribution in [0.5, 0.6) is 0 Å². The van der Waals surface area contributed by atoms with Crippen molar-refractivity contribution in [1.29, 1.82) is 0 Å². The fourth-order valence-corrected chi connectivity index (χ4v) is 2.73. The topological polar surface area (TPSA) is 82.8 Å². The van der Waals surface area contributed by atoms with Crippen LogP contribution >= 0.6 is 12.4 Å². The molecule has 3 rings (SSSR count). The molecule has 21 heavy (non-hydrogen) atoms. The molecule has 7 heteroatoms. The van der Waals surface area contributed by atoms with Crippen molar-refractivity contribution in [2.75, 3.05) is 0 Å². The summed E-state index contributed by atoms with van der Waals surface area (Å²) in [4.78, 5) is 4.50. The molecule has 1 saturated carbocycles. The fourth-order valence-electron chi connectivity index (χ4n) is 2.73. The predicted octanol–water partition coefficient (Wildman–Crippen LogP) is 2.74. The summed E-state index contributed by atoms with van der Waals surface area (Å²) < 4.78 is 7.18. The molecule has 116 valence electrons. The maximum absolute atomic E-state index is 6.36. The van der Waals surface area contributed by atoms with Gasteiger partial charge in [-0.05, 0) is 24.8 Å². The number of hydrogen-bond acceptors (Lipinski definition) is 5. The van der Waals surface area contributed by atoms with Gasteiger partial charge in [0.25, 0.3) is 5.89 Å². The molecule has 0 aromatic carbocycles. The summed E-state index contributed by atoms with van der Waals surface area (Å²) in [5.74, 6) is 1.49. The van der Waals surface area contributed by atoms with Gasteiger partial charge in [0.15, 0.2) is 5.82 Å². The van der Waals surface area contributed by atoms with Crippen LogP contribution in [-0.4, -0.2) is 19.9 Å². The van der Waals surface area contributed by atoms with Gasteiger partial charge in [0.2, 0.25) is 0 Å². The predicted molar refractivity (Wildman–Crippen MR) is 82.2 cm³/mol. The van der Waals surface area contributed by atoms with Gasteiger partial charge >= 0.3 is 0 Å². The van der Waals surface area contributed by atoms with Crippen LogP contribution in [0.15, 0.2) is 10.6 Å². The third kappa shape index (κ3) is 2.82. The number of halogens is 1. The molecule has 0 aliphatic heterocycles. The number of hydrogen-bond donors (Lipinski definition) is 1. The Morgan fingerprint density at radius 2 is 2.00 bits per heavy atom. The number of aromatic nitrogens is 4. The standard InChI is InChI=1S/C14H21N5O.ClH/c1-9(2)10-8-11(19(3)17-10)12-16-13(18-20-12)14(15)6-4-5-7-14;/h8-9H,4-7,15H2,1-3H3;1H. The van der Waals surface area contributed by atoms with E-state index >= 15 is 0 Å². The van der Waals surface area contributed by atoms with Gasteiger partial charge < -0.3 is 10.3 Å². The van der Waals surface area contributed by atoms with Crippen molar-refractivity contribution in [2.24, 2.45) is 12.8 Å². The van der Waals surface area contributed by atoms with Crippen LogP contribution in [0.4, 0.5) is 0 Å². The summed E-state index contributed by atoms with van der Waals surface area (Å²) >= 11 is 0. The Morgan fingerprint density at radius 1 is 1.33 bits per heavy atom. The zero-order chi connectivity index (χ0) is 14.3. The molecule has 0 spiro atoms. The van der Waals surface area contributed by atoms with Gasteiger partial charge in [-0.25, -0.2) is 0 Å². The van der Waals surface area contributed by atoms with Gasteiger partial charge in [-0.1, -0.05) is 31.8 Å². The lowest BCUT2D eigenvalue weighted by Crippen LogP contribution is -2.34. The normalized spacial score (nSPS) is 17.2. The van der Waals surface area contributed by atoms with Gasteiger partial charge in [-0.3, -0.25) is 4.68 Å². The van der Waals surface area contributed by atoms with E-state index in [1.54, 1.807) is 4.68 Å². The number of rotatable bonds is 3. The maximum atomic E-state index is 6.36. The number of nitrogens with two attached hydrogens (primary N) is 1. The van der Waals surface area contributed by atoms with Crippen LogP contribution in [0, 0.1) is 0 Å². The van der Waals surface area contributed by atoms with Crippen LogP contribution in [-0.2, 0) is 12.6 Å². The molecule has 6 nitrogen and oxygen atoms in total. The highest BCUT2D eigenvalue weighted by atomic mass is 35.5. The zero-order valence-electron chi connectivity index (χ0n) is 12.7. The van der Waals surface area contributed by atoms with Gasteiger partial charge in [-0.15, -0.1) is 12.4 Å². The molecule has 2 aromatic heterocycles. The lowest BCUT2D eigenvalue weighted by atomic mass is 9.99. The average molecular weight is 312 g/mol. The lowest BCUT2D eigenvalue weighted by molar-refractivity contribution is 0.371. The quantitative estimate of drug-likeness (QED) is 0.942. The summed E-state index contributed by atoms with van der Waals surface area (Å²) in [6, 6.07) is 2.00. The van der Waals surface area contributed by atoms with Crippen LogP contribution in [0.25, 0.3) is 11.6 Å². The molecule has 0 atom stereocenters. The molecule has 0 radical (unpaired) electrons. The second-order valence-electron chi connectivity index (χ2n) is 6.02. The first-order chi connectivity index (χ1) is 9.49. The first-order valence-electron chi connectivity index (χ1n) is 7.17. The van der Waals surface area contributed by atoms with Crippen molar-refractivity contribution in [1.82, 2.24) is 19.9 Å². The molecule has 2 N–H and O–H groups in total. The summed E-state index contributed by atoms with van der Waals surface area (Å²) in [5.41, 5.74) is 7.80. The summed E-state index contributed by atoms with van der Waals surface area (Å²) in [6.45, 7) is 4.22. The minimum atomic E-state index is -0.415. The van der Waals surface area contributed by atoms with E-state index in [1.165, 1.54) is 0 Å². The highest BCUT2D eigenvalue weighted by Crippen LogP contribution is 2.35. The van der Waals surface area contributed by atoms with Crippen molar-refractivity contribution in [3.8, 4) is 11.6 Å². The zero-order valence-corrected chi connectivity index (χ0v) is 13.5. The SMILES string of the molecule is CC(C)c1cc(-c2nc(C3(N)CCCC3)no2)n(C)n1.Cl. The second kappa shape index (κ2) is 5.77. The molecular weight excluding hydrogens is 290 g/mol. The Bertz CT molecular complexity index is 613. The van der Waals surface area contributed by atoms with Crippen molar-refractivity contribution >= 4 is 12.4 Å². The van der Waals surface area contributed by atoms with Gasteiger partial charge in [-0.2, -0.15) is 10.1 Å². The highest BCUT2D eigenvalue weighted by molar-refractivity contribution is 5.85. The third-order valence-corrected chi connectivity index (χ3v) is 4.08. The molecule has 2 aromatic rings. The van der Waals surface area contributed by atoms with Gasteiger partial charge in [0.1, 0.15) is 5.69 Å². The Morgan fingerprint density at radius 3 is 2.57 bits per heavy atom. The van der Waals surface area contributed by atoms with Crippen molar-refractivity contribution in [3.63, 3.8) is 0 Å². The van der Waals surface area contributed by atoms with Gasteiger partial charge in [0.05, 0.1) is 11.2 Å². The summed E-state index contributed by atoms with van der Waals surface area (Å²) in [6.07, 6.45) is 4.11. The van der Waals surface area contributed by atoms with Crippen LogP contribution < -0.4 is 5.73 Å². The third-order valence-electron chi connectivity index (χ3n) is 4.08. The maximum Gasteiger partial charge on any atom is 0.276 e. The molecule has 0 bridgehead atoms. The van der Waals surface area contributed by atoms with Crippen molar-refractivity contribution in [2.45, 2.75) is 51.0 Å². The average Bonchev–Trinajstić information content (AvgIpc) is 3.07. The Kier molecular flexibility index (Phi) is 4.39. The Labute approximate surface area is 130 Å². The van der Waals surface area contributed by atoms with Crippen LogP contribution in [0.3, 0.4) is 0 Å². The summed E-state index contributed by atoms with van der Waals surface area (Å²) in [5, 5.41) is 8.56. The molecule has 1 aliphatic rings. The van der Waals surface area contributed by atoms with Crippen molar-refractivity contribution < 1.29 is 4.52 Å². The van der Waals surface area contributed by atoms with E-state index in [9.17, 15) is 0 Å². The van der Waals surface area contributed by atoms with Crippen LogP contribution in [0.1, 0.15) is 57.0 Å². The first kappa shape index (κ1) is 16.0. The van der Waals surface area contributed by atoms with E-state index in [0.717, 1.165) is 37.1 Å². The first-order valence-corrected chi connectivity index (χ1v) is 7.17. The summed E-state index contributed by atoms with van der Waals surface area (Å²) in [7, 11) is 1.89. The second-order valence-corrected chi connectivity index (χ2v) is 6.02. The van der Waals surface area contributed by atoms with E-state index in [2.05, 4.69) is 29.1 Å². The molecule has 1 aliphatic carbocycles. The Hall–Kier alpha value is -1.40. The van der Waals surface area contributed by atoms with E-state index in [-0.39, 0.29) is 12.4 Å². The highest BCUT2D eigenvalue weighted by Gasteiger charge is 2.36. The molecule has 2 heterocycles. The molecule has 0 unspecified atom stereocenters. The van der Waals surface area contributed by atoms with E-state index in [4.69, 9.17) is 10.3 Å². The van der Waals surface area contributed by atoms with Crippen LogP contribution in [0.2, 0.25) is 0 Å². The minimum Gasteiger partial charge on any atom is -0.332 e. The number of nitrogens with zero attached hydrogens (tertiary/aromatic N) is 4. The Balaban J connectivity index is 0.00000161. The number of aryl methyl sites for hydroxylation is 1. The van der Waals surface area contributed by atoms with E-state index < -0.39 is 5.54 Å². The molecular formula is C14H22ClN5O. The van der Waals surface area contributed by atoms with Gasteiger partial charge in [0, 0.05) is 7.05 Å². The smallest absolute Gasteiger partial charge is 0.276 e. The van der Waals surface area contributed by atoms with E-state index in [0.29, 0.717) is 17.6 Å². The van der Waals surface area contributed by atoms with Crippen molar-refractivity contribution in [3.05, 3.63) is 17.6 Å². The lowest BCUT2D eigenvalue weighted by Gasteiger charge is -2.17. The molecule has 1 fully saturated rings. The monoisotopic (exact) mass is 311 g/mol. The fraction of sp³-hybridized carbons (Fsp3) is 0.643.